The smallest absolute Gasteiger partial charge is 0.338 e. The van der Waals surface area contributed by atoms with Gasteiger partial charge in [0, 0.05) is 16.4 Å². The second-order valence-electron chi connectivity index (χ2n) is 5.53. The van der Waals surface area contributed by atoms with Crippen LogP contribution in [0.4, 0.5) is 11.4 Å². The molecule has 2 rings (SSSR count). The highest BCUT2D eigenvalue weighted by Gasteiger charge is 2.12. The maximum absolute atomic E-state index is 12.0. The molecule has 0 atom stereocenters. The number of hydrogen-bond acceptors (Lipinski definition) is 4. The average molecular weight is 375 g/mol. The molecule has 0 bridgehead atoms. The summed E-state index contributed by atoms with van der Waals surface area (Å²) in [6.07, 6.45) is -0.342. The second-order valence-corrected chi connectivity index (χ2v) is 5.97. The number of carbonyl (C=O) groups is 3. The van der Waals surface area contributed by atoms with Gasteiger partial charge in [0.25, 0.3) is 0 Å². The Morgan fingerprint density at radius 1 is 1.00 bits per heavy atom. The fourth-order valence-electron chi connectivity index (χ4n) is 2.18. The van der Waals surface area contributed by atoms with E-state index in [9.17, 15) is 14.4 Å². The van der Waals surface area contributed by atoms with Crippen LogP contribution in [0.3, 0.4) is 0 Å². The summed E-state index contributed by atoms with van der Waals surface area (Å²) in [5, 5.41) is 5.76. The fraction of sp³-hybridized carbons (Fsp3) is 0.211. The lowest BCUT2D eigenvalue weighted by Crippen LogP contribution is -2.21. The van der Waals surface area contributed by atoms with Crippen molar-refractivity contribution in [3.05, 3.63) is 58.6 Å². The summed E-state index contributed by atoms with van der Waals surface area (Å²) in [7, 11) is 0. The first kappa shape index (κ1) is 19.5. The Labute approximate surface area is 156 Å². The Kier molecular flexibility index (Phi) is 6.74. The molecule has 0 radical (unpaired) electrons. The van der Waals surface area contributed by atoms with Gasteiger partial charge in [-0.25, -0.2) is 4.79 Å². The van der Waals surface area contributed by atoms with Gasteiger partial charge in [0.2, 0.25) is 11.8 Å². The number of carbonyl (C=O) groups excluding carboxylic acids is 3. The van der Waals surface area contributed by atoms with Crippen molar-refractivity contribution in [3.8, 4) is 0 Å². The minimum absolute atomic E-state index is 0.290. The number of hydrogen-bond donors (Lipinski definition) is 2. The third kappa shape index (κ3) is 5.60. The first-order chi connectivity index (χ1) is 12.4. The molecule has 0 saturated heterocycles. The zero-order chi connectivity index (χ0) is 19.1. The zero-order valence-electron chi connectivity index (χ0n) is 14.5. The van der Waals surface area contributed by atoms with Crippen LogP contribution in [0, 0.1) is 6.92 Å². The van der Waals surface area contributed by atoms with Crippen LogP contribution in [-0.4, -0.2) is 24.4 Å². The minimum atomic E-state index is -0.467. The fourth-order valence-corrected chi connectivity index (χ4v) is 2.35. The summed E-state index contributed by atoms with van der Waals surface area (Å²) in [5.74, 6) is -1.34. The lowest BCUT2D eigenvalue weighted by Gasteiger charge is -2.09. The van der Waals surface area contributed by atoms with Gasteiger partial charge in [-0.2, -0.15) is 0 Å². The molecule has 0 fully saturated rings. The van der Waals surface area contributed by atoms with Crippen LogP contribution >= 0.6 is 11.6 Å². The van der Waals surface area contributed by atoms with Gasteiger partial charge in [-0.15, -0.1) is 0 Å². The van der Waals surface area contributed by atoms with Crippen molar-refractivity contribution in [2.45, 2.75) is 20.3 Å². The molecule has 6 nitrogen and oxygen atoms in total. The van der Waals surface area contributed by atoms with Crippen molar-refractivity contribution < 1.29 is 19.1 Å². The van der Waals surface area contributed by atoms with E-state index in [0.717, 1.165) is 5.56 Å². The van der Waals surface area contributed by atoms with Gasteiger partial charge in [0.05, 0.1) is 12.2 Å². The Morgan fingerprint density at radius 2 is 1.65 bits per heavy atom. The Morgan fingerprint density at radius 3 is 2.31 bits per heavy atom. The monoisotopic (exact) mass is 374 g/mol. The van der Waals surface area contributed by atoms with Crippen LogP contribution in [0.1, 0.15) is 29.3 Å². The highest BCUT2D eigenvalue weighted by Crippen LogP contribution is 2.20. The van der Waals surface area contributed by atoms with E-state index >= 15 is 0 Å². The molecule has 7 heteroatoms. The van der Waals surface area contributed by atoms with Crippen LogP contribution in [-0.2, 0) is 14.3 Å². The number of rotatable bonds is 6. The summed E-state index contributed by atoms with van der Waals surface area (Å²) >= 11 is 5.90. The first-order valence-corrected chi connectivity index (χ1v) is 8.40. The van der Waals surface area contributed by atoms with Gasteiger partial charge in [-0.05, 0) is 55.8 Å². The number of anilines is 2. The first-order valence-electron chi connectivity index (χ1n) is 8.02. The summed E-state index contributed by atoms with van der Waals surface area (Å²) < 4.78 is 4.89. The lowest BCUT2D eigenvalue weighted by molar-refractivity contribution is -0.123. The molecule has 2 aromatic rings. The lowest BCUT2D eigenvalue weighted by atomic mass is 10.2. The van der Waals surface area contributed by atoms with E-state index in [1.54, 1.807) is 49.4 Å². The van der Waals surface area contributed by atoms with Gasteiger partial charge in [-0.1, -0.05) is 17.7 Å². The Hall–Kier alpha value is -2.86. The van der Waals surface area contributed by atoms with Crippen molar-refractivity contribution in [3.63, 3.8) is 0 Å². The molecule has 0 aliphatic rings. The minimum Gasteiger partial charge on any atom is -0.462 e. The molecule has 0 heterocycles. The summed E-state index contributed by atoms with van der Waals surface area (Å²) in [6.45, 7) is 3.85. The van der Waals surface area contributed by atoms with Crippen molar-refractivity contribution in [1.29, 1.82) is 0 Å². The molecule has 26 heavy (non-hydrogen) atoms. The van der Waals surface area contributed by atoms with Crippen LogP contribution in [0.15, 0.2) is 42.5 Å². The molecule has 0 unspecified atom stereocenters. The van der Waals surface area contributed by atoms with Crippen molar-refractivity contribution in [2.24, 2.45) is 0 Å². The van der Waals surface area contributed by atoms with E-state index in [2.05, 4.69) is 10.6 Å². The van der Waals surface area contributed by atoms with E-state index in [-0.39, 0.29) is 6.42 Å². The van der Waals surface area contributed by atoms with Crippen molar-refractivity contribution in [1.82, 2.24) is 0 Å². The van der Waals surface area contributed by atoms with Gasteiger partial charge >= 0.3 is 5.97 Å². The quantitative estimate of drug-likeness (QED) is 0.595. The van der Waals surface area contributed by atoms with E-state index < -0.39 is 17.8 Å². The second kappa shape index (κ2) is 9.01. The highest BCUT2D eigenvalue weighted by molar-refractivity contribution is 6.31. The van der Waals surface area contributed by atoms with Crippen LogP contribution in [0.5, 0.6) is 0 Å². The summed E-state index contributed by atoms with van der Waals surface area (Å²) in [5.41, 5.74) is 2.28. The van der Waals surface area contributed by atoms with Gasteiger partial charge < -0.3 is 15.4 Å². The van der Waals surface area contributed by atoms with E-state index in [4.69, 9.17) is 16.3 Å². The van der Waals surface area contributed by atoms with Crippen molar-refractivity contribution in [2.75, 3.05) is 17.2 Å². The topological polar surface area (TPSA) is 84.5 Å². The molecular weight excluding hydrogens is 356 g/mol. The Bertz CT molecular complexity index is 819. The van der Waals surface area contributed by atoms with E-state index in [1.807, 2.05) is 6.92 Å². The molecule has 2 aromatic carbocycles. The van der Waals surface area contributed by atoms with Crippen LogP contribution in [0.25, 0.3) is 0 Å². The number of esters is 1. The number of benzene rings is 2. The van der Waals surface area contributed by atoms with Gasteiger partial charge in [0.15, 0.2) is 0 Å². The van der Waals surface area contributed by atoms with Gasteiger partial charge in [0.1, 0.15) is 6.42 Å². The SMILES string of the molecule is CCOC(=O)c1ccc(NC(=O)CC(=O)Nc2cc(Cl)ccc2C)cc1. The van der Waals surface area contributed by atoms with E-state index in [0.29, 0.717) is 28.6 Å². The maximum atomic E-state index is 12.0. The molecule has 0 spiro atoms. The Balaban J connectivity index is 1.90. The number of nitrogens with one attached hydrogen (secondary N) is 2. The average Bonchev–Trinajstić information content (AvgIpc) is 2.58. The number of halogens is 1. The third-order valence-corrected chi connectivity index (χ3v) is 3.71. The normalized spacial score (nSPS) is 10.1. The molecular formula is C19H19ClN2O4. The number of amides is 2. The molecule has 0 aliphatic carbocycles. The highest BCUT2D eigenvalue weighted by atomic mass is 35.5. The predicted molar refractivity (Wildman–Crippen MR) is 100 cm³/mol. The standard InChI is InChI=1S/C19H19ClN2O4/c1-3-26-19(25)13-5-8-15(9-6-13)21-17(23)11-18(24)22-16-10-14(20)7-4-12(16)2/h4-10H,3,11H2,1-2H3,(H,21,23)(H,22,24). The third-order valence-electron chi connectivity index (χ3n) is 3.47. The summed E-state index contributed by atoms with van der Waals surface area (Å²) in [6, 6.07) is 11.4. The molecule has 0 saturated carbocycles. The van der Waals surface area contributed by atoms with E-state index in [1.165, 1.54) is 0 Å². The number of aryl methyl sites for hydroxylation is 1. The largest absolute Gasteiger partial charge is 0.462 e. The molecule has 0 aliphatic heterocycles. The van der Waals surface area contributed by atoms with Crippen LogP contribution in [0.2, 0.25) is 5.02 Å². The maximum Gasteiger partial charge on any atom is 0.338 e. The molecule has 2 N–H and O–H groups in total. The van der Waals surface area contributed by atoms with Crippen LogP contribution < -0.4 is 10.6 Å². The van der Waals surface area contributed by atoms with Crippen molar-refractivity contribution >= 4 is 40.8 Å². The molecule has 136 valence electrons. The van der Waals surface area contributed by atoms with Gasteiger partial charge in [-0.3, -0.25) is 9.59 Å². The summed E-state index contributed by atoms with van der Waals surface area (Å²) in [4.78, 5) is 35.6. The molecule has 2 amide bonds. The predicted octanol–water partition coefficient (Wildman–Crippen LogP) is 3.79. The molecule has 0 aromatic heterocycles. The number of ether oxygens (including phenoxy) is 1. The zero-order valence-corrected chi connectivity index (χ0v) is 15.2.